The van der Waals surface area contributed by atoms with Crippen molar-refractivity contribution in [2.75, 3.05) is 12.3 Å². The summed E-state index contributed by atoms with van der Waals surface area (Å²) in [5, 5.41) is 4.32. The summed E-state index contributed by atoms with van der Waals surface area (Å²) in [5.74, 6) is 0.981. The molecule has 2 aromatic rings. The molecule has 0 saturated carbocycles. The minimum absolute atomic E-state index is 0.882. The van der Waals surface area contributed by atoms with E-state index in [1.54, 1.807) is 11.8 Å². The molecule has 1 heterocycles. The molecule has 106 valence electrons. The summed E-state index contributed by atoms with van der Waals surface area (Å²) in [6.45, 7) is 8.02. The fourth-order valence-electron chi connectivity index (χ4n) is 1.85. The van der Waals surface area contributed by atoms with Crippen LogP contribution in [0.5, 0.6) is 0 Å². The van der Waals surface area contributed by atoms with Crippen molar-refractivity contribution >= 4 is 11.8 Å². The Labute approximate surface area is 125 Å². The van der Waals surface area contributed by atoms with Crippen molar-refractivity contribution in [2.45, 2.75) is 32.5 Å². The van der Waals surface area contributed by atoms with E-state index >= 15 is 0 Å². The van der Waals surface area contributed by atoms with Crippen LogP contribution in [-0.2, 0) is 6.54 Å². The number of nitrogens with one attached hydrogen (secondary N) is 1. The lowest BCUT2D eigenvalue weighted by Crippen LogP contribution is -2.16. The van der Waals surface area contributed by atoms with E-state index in [-0.39, 0.29) is 0 Å². The van der Waals surface area contributed by atoms with Crippen molar-refractivity contribution in [2.24, 2.45) is 0 Å². The molecule has 20 heavy (non-hydrogen) atoms. The molecule has 0 radical (unpaired) electrons. The minimum atomic E-state index is 0.882. The van der Waals surface area contributed by atoms with Gasteiger partial charge in [-0.3, -0.25) is 0 Å². The number of rotatable bonds is 6. The average Bonchev–Trinajstić information content (AvgIpc) is 2.45. The molecule has 0 atom stereocenters. The van der Waals surface area contributed by atoms with E-state index in [1.165, 1.54) is 11.1 Å². The summed E-state index contributed by atoms with van der Waals surface area (Å²) < 4.78 is 0. The third-order valence-electron chi connectivity index (χ3n) is 3.29. The van der Waals surface area contributed by atoms with Crippen molar-refractivity contribution in [3.05, 3.63) is 52.8 Å². The first-order valence-corrected chi connectivity index (χ1v) is 7.84. The summed E-state index contributed by atoms with van der Waals surface area (Å²) >= 11 is 1.71. The number of aromatic nitrogens is 2. The first kappa shape index (κ1) is 15.0. The Hall–Kier alpha value is -1.39. The highest BCUT2D eigenvalue weighted by Gasteiger charge is 2.04. The number of nitrogens with zero attached hydrogens (tertiary/aromatic N) is 2. The van der Waals surface area contributed by atoms with Gasteiger partial charge in [-0.05, 0) is 31.9 Å². The Morgan fingerprint density at radius 3 is 2.30 bits per heavy atom. The monoisotopic (exact) mass is 287 g/mol. The lowest BCUT2D eigenvalue weighted by atomic mass is 10.2. The molecule has 0 bridgehead atoms. The van der Waals surface area contributed by atoms with Gasteiger partial charge in [-0.2, -0.15) is 0 Å². The Kier molecular flexibility index (Phi) is 5.56. The third-order valence-corrected chi connectivity index (χ3v) is 4.14. The lowest BCUT2D eigenvalue weighted by Gasteiger charge is -2.07. The second-order valence-electron chi connectivity index (χ2n) is 4.81. The van der Waals surface area contributed by atoms with Gasteiger partial charge < -0.3 is 5.32 Å². The van der Waals surface area contributed by atoms with Crippen molar-refractivity contribution in [3.8, 4) is 0 Å². The van der Waals surface area contributed by atoms with Crippen molar-refractivity contribution in [1.82, 2.24) is 15.3 Å². The standard InChI is InChI=1S/C16H21N3S/c1-12-13(2)18-16(19-14(12)3)20-10-9-17-11-15-7-5-4-6-8-15/h4-8,17H,9-11H2,1-3H3. The normalized spacial score (nSPS) is 10.8. The predicted octanol–water partition coefficient (Wildman–Crippen LogP) is 3.28. The number of hydrogen-bond donors (Lipinski definition) is 1. The van der Waals surface area contributed by atoms with Crippen molar-refractivity contribution in [1.29, 1.82) is 0 Å². The van der Waals surface area contributed by atoms with E-state index in [2.05, 4.69) is 46.5 Å². The molecule has 0 saturated heterocycles. The van der Waals surface area contributed by atoms with E-state index in [4.69, 9.17) is 0 Å². The quantitative estimate of drug-likeness (QED) is 0.502. The molecule has 2 rings (SSSR count). The largest absolute Gasteiger partial charge is 0.312 e. The SMILES string of the molecule is Cc1nc(SCCNCc2ccccc2)nc(C)c1C. The Morgan fingerprint density at radius 1 is 1.00 bits per heavy atom. The zero-order valence-corrected chi connectivity index (χ0v) is 13.1. The molecule has 1 aromatic carbocycles. The summed E-state index contributed by atoms with van der Waals surface area (Å²) in [7, 11) is 0. The summed E-state index contributed by atoms with van der Waals surface area (Å²) in [6.07, 6.45) is 0. The molecule has 4 heteroatoms. The number of hydrogen-bond acceptors (Lipinski definition) is 4. The van der Waals surface area contributed by atoms with Gasteiger partial charge in [0, 0.05) is 30.2 Å². The van der Waals surface area contributed by atoms with Gasteiger partial charge in [0.25, 0.3) is 0 Å². The van der Waals surface area contributed by atoms with Gasteiger partial charge in [-0.25, -0.2) is 9.97 Å². The van der Waals surface area contributed by atoms with Crippen LogP contribution in [0.4, 0.5) is 0 Å². The van der Waals surface area contributed by atoms with Gasteiger partial charge in [0.15, 0.2) is 5.16 Å². The highest BCUT2D eigenvalue weighted by Crippen LogP contribution is 2.16. The zero-order chi connectivity index (χ0) is 14.4. The fourth-order valence-corrected chi connectivity index (χ4v) is 2.68. The Morgan fingerprint density at radius 2 is 1.65 bits per heavy atom. The van der Waals surface area contributed by atoms with E-state index in [1.807, 2.05) is 19.9 Å². The van der Waals surface area contributed by atoms with E-state index in [9.17, 15) is 0 Å². The first-order chi connectivity index (χ1) is 9.66. The van der Waals surface area contributed by atoms with Crippen LogP contribution in [0.3, 0.4) is 0 Å². The smallest absolute Gasteiger partial charge is 0.188 e. The maximum atomic E-state index is 4.51. The molecule has 0 fully saturated rings. The molecular weight excluding hydrogens is 266 g/mol. The molecule has 1 aromatic heterocycles. The van der Waals surface area contributed by atoms with Crippen molar-refractivity contribution in [3.63, 3.8) is 0 Å². The van der Waals surface area contributed by atoms with Gasteiger partial charge in [0.2, 0.25) is 0 Å². The molecule has 0 aliphatic rings. The van der Waals surface area contributed by atoms with E-state index in [0.717, 1.165) is 35.4 Å². The van der Waals surface area contributed by atoms with Crippen LogP contribution in [0.15, 0.2) is 35.5 Å². The van der Waals surface area contributed by atoms with Gasteiger partial charge in [-0.1, -0.05) is 42.1 Å². The summed E-state index contributed by atoms with van der Waals surface area (Å²) in [4.78, 5) is 9.03. The topological polar surface area (TPSA) is 37.8 Å². The molecule has 0 spiro atoms. The molecule has 1 N–H and O–H groups in total. The number of thioether (sulfide) groups is 1. The molecule has 0 amide bonds. The fraction of sp³-hybridized carbons (Fsp3) is 0.375. The van der Waals surface area contributed by atoms with E-state index < -0.39 is 0 Å². The van der Waals surface area contributed by atoms with Crippen LogP contribution in [-0.4, -0.2) is 22.3 Å². The zero-order valence-electron chi connectivity index (χ0n) is 12.3. The first-order valence-electron chi connectivity index (χ1n) is 6.86. The van der Waals surface area contributed by atoms with Crippen LogP contribution >= 0.6 is 11.8 Å². The highest BCUT2D eigenvalue weighted by atomic mass is 32.2. The Balaban J connectivity index is 1.74. The predicted molar refractivity (Wildman–Crippen MR) is 85.1 cm³/mol. The molecule has 0 aliphatic carbocycles. The second kappa shape index (κ2) is 7.41. The number of aryl methyl sites for hydroxylation is 2. The molecule has 0 aliphatic heterocycles. The Bertz CT molecular complexity index is 532. The highest BCUT2D eigenvalue weighted by molar-refractivity contribution is 7.99. The van der Waals surface area contributed by atoms with Gasteiger partial charge in [0.1, 0.15) is 0 Å². The third kappa shape index (κ3) is 4.32. The second-order valence-corrected chi connectivity index (χ2v) is 5.87. The average molecular weight is 287 g/mol. The van der Waals surface area contributed by atoms with Crippen LogP contribution in [0.25, 0.3) is 0 Å². The van der Waals surface area contributed by atoms with Gasteiger partial charge in [-0.15, -0.1) is 0 Å². The summed E-state index contributed by atoms with van der Waals surface area (Å²) in [5.41, 5.74) is 4.67. The lowest BCUT2D eigenvalue weighted by molar-refractivity contribution is 0.731. The van der Waals surface area contributed by atoms with Gasteiger partial charge >= 0.3 is 0 Å². The van der Waals surface area contributed by atoms with E-state index in [0.29, 0.717) is 0 Å². The maximum absolute atomic E-state index is 4.51. The summed E-state index contributed by atoms with van der Waals surface area (Å²) in [6, 6.07) is 10.4. The maximum Gasteiger partial charge on any atom is 0.188 e. The van der Waals surface area contributed by atoms with Crippen LogP contribution in [0.2, 0.25) is 0 Å². The van der Waals surface area contributed by atoms with Crippen LogP contribution < -0.4 is 5.32 Å². The number of benzene rings is 1. The van der Waals surface area contributed by atoms with Crippen LogP contribution in [0, 0.1) is 20.8 Å². The molecular formula is C16H21N3S. The minimum Gasteiger partial charge on any atom is -0.312 e. The van der Waals surface area contributed by atoms with Crippen molar-refractivity contribution < 1.29 is 0 Å². The molecule has 3 nitrogen and oxygen atoms in total. The molecule has 0 unspecified atom stereocenters. The van der Waals surface area contributed by atoms with Gasteiger partial charge in [0.05, 0.1) is 0 Å². The van der Waals surface area contributed by atoms with Crippen LogP contribution in [0.1, 0.15) is 22.5 Å².